The van der Waals surface area contributed by atoms with E-state index < -0.39 is 6.04 Å². The quantitative estimate of drug-likeness (QED) is 0.848. The molecule has 0 saturated carbocycles. The molecule has 1 atom stereocenters. The summed E-state index contributed by atoms with van der Waals surface area (Å²) in [5.41, 5.74) is 1.47. The van der Waals surface area contributed by atoms with E-state index >= 15 is 0 Å². The molecule has 0 aliphatic carbocycles. The molecule has 6 heteroatoms. The molecule has 2 aromatic rings. The van der Waals surface area contributed by atoms with Crippen LogP contribution in [0.1, 0.15) is 24.9 Å². The summed E-state index contributed by atoms with van der Waals surface area (Å²) in [5, 5.41) is 6.75. The van der Waals surface area contributed by atoms with Gasteiger partial charge >= 0.3 is 0 Å². The van der Waals surface area contributed by atoms with Crippen LogP contribution in [0.15, 0.2) is 48.5 Å². The van der Waals surface area contributed by atoms with Crippen molar-refractivity contribution in [2.24, 2.45) is 0 Å². The fraction of sp³-hybridized carbons (Fsp3) is 0.176. The number of benzene rings is 2. The number of rotatable bonds is 5. The summed E-state index contributed by atoms with van der Waals surface area (Å²) < 4.78 is 0. The van der Waals surface area contributed by atoms with Gasteiger partial charge in [0.25, 0.3) is 0 Å². The van der Waals surface area contributed by atoms with E-state index in [1.807, 2.05) is 0 Å². The summed E-state index contributed by atoms with van der Waals surface area (Å²) in [6.45, 7) is 1.42. The molecule has 1 unspecified atom stereocenters. The molecule has 0 radical (unpaired) electrons. The van der Waals surface area contributed by atoms with Crippen molar-refractivity contribution in [2.75, 3.05) is 5.32 Å². The van der Waals surface area contributed by atoms with Crippen LogP contribution in [-0.2, 0) is 9.59 Å². The Hall–Kier alpha value is -2.04. The van der Waals surface area contributed by atoms with E-state index in [0.29, 0.717) is 15.7 Å². The minimum Gasteiger partial charge on any atom is -0.349 e. The molecule has 4 nitrogen and oxygen atoms in total. The van der Waals surface area contributed by atoms with Crippen LogP contribution in [0, 0.1) is 0 Å². The van der Waals surface area contributed by atoms with Crippen LogP contribution < -0.4 is 10.6 Å². The monoisotopic (exact) mass is 350 g/mol. The highest BCUT2D eigenvalue weighted by atomic mass is 35.5. The topological polar surface area (TPSA) is 58.2 Å². The van der Waals surface area contributed by atoms with Gasteiger partial charge in [-0.25, -0.2) is 0 Å². The van der Waals surface area contributed by atoms with Gasteiger partial charge in [0.15, 0.2) is 0 Å². The van der Waals surface area contributed by atoms with E-state index in [4.69, 9.17) is 23.2 Å². The van der Waals surface area contributed by atoms with Gasteiger partial charge in [-0.05, 0) is 42.0 Å². The zero-order valence-corrected chi connectivity index (χ0v) is 14.0. The molecule has 2 rings (SSSR count). The number of carbonyl (C=O) groups excluding carboxylic acids is 2. The molecule has 0 fully saturated rings. The maximum Gasteiger partial charge on any atom is 0.226 e. The lowest BCUT2D eigenvalue weighted by molar-refractivity contribution is -0.120. The van der Waals surface area contributed by atoms with Crippen LogP contribution in [0.25, 0.3) is 0 Å². The summed E-state index contributed by atoms with van der Waals surface area (Å²) >= 11 is 11.7. The third-order valence-electron chi connectivity index (χ3n) is 3.17. The molecule has 2 N–H and O–H groups in total. The third kappa shape index (κ3) is 5.58. The molecule has 120 valence electrons. The molecule has 0 heterocycles. The van der Waals surface area contributed by atoms with Crippen LogP contribution in [0.4, 0.5) is 5.69 Å². The van der Waals surface area contributed by atoms with Gasteiger partial charge in [0, 0.05) is 22.7 Å². The SMILES string of the molecule is CC(=O)NC(CC(=O)Nc1ccc(Cl)cc1)c1ccc(Cl)cc1. The van der Waals surface area contributed by atoms with E-state index in [1.54, 1.807) is 48.5 Å². The zero-order chi connectivity index (χ0) is 16.8. The number of anilines is 1. The van der Waals surface area contributed by atoms with Crippen molar-refractivity contribution < 1.29 is 9.59 Å². The van der Waals surface area contributed by atoms with E-state index in [2.05, 4.69) is 10.6 Å². The molecular weight excluding hydrogens is 335 g/mol. The van der Waals surface area contributed by atoms with Gasteiger partial charge < -0.3 is 10.6 Å². The maximum atomic E-state index is 12.2. The molecule has 2 amide bonds. The number of amides is 2. The summed E-state index contributed by atoms with van der Waals surface area (Å²) in [5.74, 6) is -0.412. The fourth-order valence-electron chi connectivity index (χ4n) is 2.12. The minimum absolute atomic E-state index is 0.115. The predicted octanol–water partition coefficient (Wildman–Crippen LogP) is 4.20. The number of hydrogen-bond donors (Lipinski definition) is 2. The largest absolute Gasteiger partial charge is 0.349 e. The summed E-state index contributed by atoms with van der Waals surface area (Å²) in [6, 6.07) is 13.4. The van der Waals surface area contributed by atoms with Crippen molar-refractivity contribution in [1.82, 2.24) is 5.32 Å². The molecule has 0 aliphatic rings. The summed E-state index contributed by atoms with van der Waals surface area (Å²) in [4.78, 5) is 23.6. The van der Waals surface area contributed by atoms with Crippen LogP contribution in [-0.4, -0.2) is 11.8 Å². The Morgan fingerprint density at radius 1 is 0.957 bits per heavy atom. The lowest BCUT2D eigenvalue weighted by atomic mass is 10.0. The van der Waals surface area contributed by atoms with E-state index in [0.717, 1.165) is 5.56 Å². The van der Waals surface area contributed by atoms with Gasteiger partial charge in [-0.2, -0.15) is 0 Å². The van der Waals surface area contributed by atoms with Crippen molar-refractivity contribution in [3.05, 3.63) is 64.1 Å². The Balaban J connectivity index is 2.07. The highest BCUT2D eigenvalue weighted by Crippen LogP contribution is 2.21. The molecular formula is C17H16Cl2N2O2. The second-order valence-corrected chi connectivity index (χ2v) is 5.94. The van der Waals surface area contributed by atoms with E-state index in [-0.39, 0.29) is 18.2 Å². The first-order valence-electron chi connectivity index (χ1n) is 7.02. The van der Waals surface area contributed by atoms with Crippen molar-refractivity contribution in [1.29, 1.82) is 0 Å². The standard InChI is InChI=1S/C17H16Cl2N2O2/c1-11(22)20-16(12-2-4-13(18)5-3-12)10-17(23)21-15-8-6-14(19)7-9-15/h2-9,16H,10H2,1H3,(H,20,22)(H,21,23). The first kappa shape index (κ1) is 17.3. The number of hydrogen-bond acceptors (Lipinski definition) is 2. The lowest BCUT2D eigenvalue weighted by Crippen LogP contribution is -2.29. The highest BCUT2D eigenvalue weighted by molar-refractivity contribution is 6.30. The summed E-state index contributed by atoms with van der Waals surface area (Å²) in [7, 11) is 0. The molecule has 23 heavy (non-hydrogen) atoms. The van der Waals surface area contributed by atoms with Gasteiger partial charge in [0.05, 0.1) is 12.5 Å². The second-order valence-electron chi connectivity index (χ2n) is 5.06. The van der Waals surface area contributed by atoms with Gasteiger partial charge in [0.1, 0.15) is 0 Å². The van der Waals surface area contributed by atoms with E-state index in [9.17, 15) is 9.59 Å². The lowest BCUT2D eigenvalue weighted by Gasteiger charge is -2.18. The van der Waals surface area contributed by atoms with Crippen molar-refractivity contribution in [3.63, 3.8) is 0 Å². The maximum absolute atomic E-state index is 12.2. The number of nitrogens with one attached hydrogen (secondary N) is 2. The first-order chi connectivity index (χ1) is 10.9. The Morgan fingerprint density at radius 3 is 2.00 bits per heavy atom. The van der Waals surface area contributed by atoms with Gasteiger partial charge in [0.2, 0.25) is 11.8 Å². The molecule has 0 spiro atoms. The molecule has 2 aromatic carbocycles. The predicted molar refractivity (Wildman–Crippen MR) is 92.7 cm³/mol. The van der Waals surface area contributed by atoms with Crippen molar-refractivity contribution in [3.8, 4) is 0 Å². The molecule has 0 aliphatic heterocycles. The average Bonchev–Trinajstić information content (AvgIpc) is 2.49. The zero-order valence-electron chi connectivity index (χ0n) is 12.5. The molecule has 0 aromatic heterocycles. The molecule has 0 bridgehead atoms. The smallest absolute Gasteiger partial charge is 0.226 e. The van der Waals surface area contributed by atoms with Gasteiger partial charge in [-0.3, -0.25) is 9.59 Å². The summed E-state index contributed by atoms with van der Waals surface area (Å²) in [6.07, 6.45) is 0.115. The average molecular weight is 351 g/mol. The Morgan fingerprint density at radius 2 is 1.48 bits per heavy atom. The van der Waals surface area contributed by atoms with Crippen LogP contribution in [0.2, 0.25) is 10.0 Å². The Labute approximate surface area is 144 Å². The van der Waals surface area contributed by atoms with Crippen LogP contribution in [0.5, 0.6) is 0 Å². The number of halogens is 2. The van der Waals surface area contributed by atoms with Crippen LogP contribution in [0.3, 0.4) is 0 Å². The van der Waals surface area contributed by atoms with E-state index in [1.165, 1.54) is 6.92 Å². The Bertz CT molecular complexity index is 685. The van der Waals surface area contributed by atoms with Gasteiger partial charge in [-0.1, -0.05) is 35.3 Å². The van der Waals surface area contributed by atoms with Gasteiger partial charge in [-0.15, -0.1) is 0 Å². The number of carbonyl (C=O) groups is 2. The van der Waals surface area contributed by atoms with Crippen molar-refractivity contribution in [2.45, 2.75) is 19.4 Å². The van der Waals surface area contributed by atoms with Crippen LogP contribution >= 0.6 is 23.2 Å². The molecule has 0 saturated heterocycles. The minimum atomic E-state index is -0.419. The normalized spacial score (nSPS) is 11.6. The Kier molecular flexibility index (Phi) is 6.02. The second kappa shape index (κ2) is 7.99. The fourth-order valence-corrected chi connectivity index (χ4v) is 2.38. The highest BCUT2D eigenvalue weighted by Gasteiger charge is 2.17. The third-order valence-corrected chi connectivity index (χ3v) is 3.67. The first-order valence-corrected chi connectivity index (χ1v) is 7.77. The van der Waals surface area contributed by atoms with Crippen molar-refractivity contribution >= 4 is 40.7 Å².